The highest BCUT2D eigenvalue weighted by Crippen LogP contribution is 2.39. The van der Waals surface area contributed by atoms with Crippen LogP contribution in [0.25, 0.3) is 0 Å². The second-order valence-corrected chi connectivity index (χ2v) is 6.01. The van der Waals surface area contributed by atoms with Crippen molar-refractivity contribution in [2.45, 2.75) is 12.1 Å². The molecule has 4 heterocycles. The lowest BCUT2D eigenvalue weighted by atomic mass is 9.86. The predicted octanol–water partition coefficient (Wildman–Crippen LogP) is 1.58. The van der Waals surface area contributed by atoms with Gasteiger partial charge in [-0.05, 0) is 12.1 Å². The van der Waals surface area contributed by atoms with Crippen molar-refractivity contribution in [3.63, 3.8) is 0 Å². The highest BCUT2D eigenvalue weighted by Gasteiger charge is 2.41. The number of fused-ring (bicyclic) bond motifs is 1. The number of hydrogen-bond donors (Lipinski definition) is 1. The van der Waals surface area contributed by atoms with Gasteiger partial charge in [0, 0.05) is 43.0 Å². The molecule has 0 saturated carbocycles. The molecule has 6 nitrogen and oxygen atoms in total. The molecule has 0 radical (unpaired) electrons. The first-order chi connectivity index (χ1) is 11.7. The molecule has 7 heteroatoms. The molecule has 0 bridgehead atoms. The normalized spacial score (nSPS) is 24.3. The minimum absolute atomic E-state index is 0.395. The standard InChI is InChI=1S/C17H18FN5O/c18-14-10-20-3-1-12(14)15-9-17(19,23-5-7-24-8-6-23)13-2-4-21-11-16(13)22-15/h1-4,10-11H,5-9,19H2. The first kappa shape index (κ1) is 15.3. The number of ether oxygens (including phenoxy) is 1. The van der Waals surface area contributed by atoms with Gasteiger partial charge in [-0.1, -0.05) is 0 Å². The molecule has 2 aromatic heterocycles. The summed E-state index contributed by atoms with van der Waals surface area (Å²) < 4.78 is 19.7. The van der Waals surface area contributed by atoms with Gasteiger partial charge in [-0.15, -0.1) is 0 Å². The van der Waals surface area contributed by atoms with Gasteiger partial charge in [0.1, 0.15) is 5.66 Å². The van der Waals surface area contributed by atoms with E-state index in [1.807, 2.05) is 6.07 Å². The van der Waals surface area contributed by atoms with Crippen LogP contribution >= 0.6 is 0 Å². The van der Waals surface area contributed by atoms with E-state index in [0.29, 0.717) is 36.6 Å². The average Bonchev–Trinajstić information content (AvgIpc) is 2.63. The minimum Gasteiger partial charge on any atom is -0.379 e. The van der Waals surface area contributed by atoms with Crippen molar-refractivity contribution >= 4 is 11.4 Å². The van der Waals surface area contributed by atoms with Gasteiger partial charge in [-0.25, -0.2) is 4.39 Å². The van der Waals surface area contributed by atoms with Gasteiger partial charge in [0.25, 0.3) is 0 Å². The van der Waals surface area contributed by atoms with Crippen molar-refractivity contribution in [1.29, 1.82) is 0 Å². The third kappa shape index (κ3) is 2.50. The molecule has 1 saturated heterocycles. The summed E-state index contributed by atoms with van der Waals surface area (Å²) in [7, 11) is 0. The first-order valence-corrected chi connectivity index (χ1v) is 7.92. The minimum atomic E-state index is -0.755. The molecule has 2 aromatic rings. The number of pyridine rings is 2. The van der Waals surface area contributed by atoms with E-state index in [9.17, 15) is 4.39 Å². The summed E-state index contributed by atoms with van der Waals surface area (Å²) in [6.07, 6.45) is 6.57. The van der Waals surface area contributed by atoms with Crippen molar-refractivity contribution < 1.29 is 9.13 Å². The van der Waals surface area contributed by atoms with Crippen LogP contribution in [0.1, 0.15) is 17.5 Å². The Morgan fingerprint density at radius 1 is 1.12 bits per heavy atom. The summed E-state index contributed by atoms with van der Waals surface area (Å²) in [6.45, 7) is 2.72. The molecule has 1 fully saturated rings. The summed E-state index contributed by atoms with van der Waals surface area (Å²) in [6, 6.07) is 3.53. The van der Waals surface area contributed by atoms with Crippen molar-refractivity contribution in [2.24, 2.45) is 10.7 Å². The number of nitrogens with zero attached hydrogens (tertiary/aromatic N) is 4. The SMILES string of the molecule is NC1(N2CCOCC2)CC(c2ccncc2F)=Nc2cnccc21. The van der Waals surface area contributed by atoms with Gasteiger partial charge in [0.15, 0.2) is 5.82 Å². The highest BCUT2D eigenvalue weighted by molar-refractivity contribution is 6.04. The Kier molecular flexibility index (Phi) is 3.84. The monoisotopic (exact) mass is 327 g/mol. The van der Waals surface area contributed by atoms with E-state index < -0.39 is 11.5 Å². The topological polar surface area (TPSA) is 76.6 Å². The molecule has 0 amide bonds. The van der Waals surface area contributed by atoms with Crippen LogP contribution in [0.3, 0.4) is 0 Å². The summed E-state index contributed by atoms with van der Waals surface area (Å²) >= 11 is 0. The van der Waals surface area contributed by atoms with Gasteiger partial charge in [-0.3, -0.25) is 19.9 Å². The zero-order valence-electron chi connectivity index (χ0n) is 13.2. The van der Waals surface area contributed by atoms with E-state index in [2.05, 4.69) is 19.9 Å². The Morgan fingerprint density at radius 3 is 2.67 bits per heavy atom. The van der Waals surface area contributed by atoms with Crippen LogP contribution < -0.4 is 5.73 Å². The number of morpholine rings is 1. The maximum atomic E-state index is 14.2. The zero-order valence-corrected chi connectivity index (χ0v) is 13.2. The van der Waals surface area contributed by atoms with Crippen molar-refractivity contribution in [3.8, 4) is 0 Å². The molecule has 24 heavy (non-hydrogen) atoms. The van der Waals surface area contributed by atoms with Crippen LogP contribution in [0.2, 0.25) is 0 Å². The Morgan fingerprint density at radius 2 is 1.88 bits per heavy atom. The average molecular weight is 327 g/mol. The van der Waals surface area contributed by atoms with Gasteiger partial charge in [-0.2, -0.15) is 0 Å². The molecule has 0 spiro atoms. The fourth-order valence-electron chi connectivity index (χ4n) is 3.39. The van der Waals surface area contributed by atoms with Gasteiger partial charge in [0.05, 0.1) is 37.0 Å². The lowest BCUT2D eigenvalue weighted by molar-refractivity contribution is -0.0211. The molecule has 0 aromatic carbocycles. The van der Waals surface area contributed by atoms with E-state index in [4.69, 9.17) is 10.5 Å². The van der Waals surface area contributed by atoms with Crippen molar-refractivity contribution in [1.82, 2.24) is 14.9 Å². The fraction of sp³-hybridized carbons (Fsp3) is 0.353. The molecule has 2 N–H and O–H groups in total. The lowest BCUT2D eigenvalue weighted by Gasteiger charge is -2.45. The number of halogens is 1. The summed E-state index contributed by atoms with van der Waals surface area (Å²) in [4.78, 5) is 14.8. The molecule has 2 aliphatic heterocycles. The molecule has 1 atom stereocenters. The van der Waals surface area contributed by atoms with Gasteiger partial charge in [0.2, 0.25) is 0 Å². The molecule has 2 aliphatic rings. The smallest absolute Gasteiger partial charge is 0.150 e. The Labute approximate surface area is 139 Å². The second kappa shape index (κ2) is 6.01. The third-order valence-corrected chi connectivity index (χ3v) is 4.62. The Hall–Kier alpha value is -2.22. The Bertz CT molecular complexity index is 790. The quantitative estimate of drug-likeness (QED) is 0.906. The van der Waals surface area contributed by atoms with Crippen LogP contribution in [-0.4, -0.2) is 46.9 Å². The van der Waals surface area contributed by atoms with Gasteiger partial charge < -0.3 is 10.5 Å². The maximum absolute atomic E-state index is 14.2. The number of aromatic nitrogens is 2. The largest absolute Gasteiger partial charge is 0.379 e. The highest BCUT2D eigenvalue weighted by atomic mass is 19.1. The zero-order chi connectivity index (χ0) is 16.6. The van der Waals surface area contributed by atoms with E-state index in [1.54, 1.807) is 24.7 Å². The maximum Gasteiger partial charge on any atom is 0.150 e. The summed E-state index contributed by atoms with van der Waals surface area (Å²) in [5.41, 5.74) is 8.74. The predicted molar refractivity (Wildman–Crippen MR) is 87.5 cm³/mol. The van der Waals surface area contributed by atoms with Crippen molar-refractivity contribution in [3.05, 3.63) is 53.9 Å². The number of aliphatic imine (C=N–C) groups is 1. The van der Waals surface area contributed by atoms with Crippen LogP contribution in [0.4, 0.5) is 10.1 Å². The van der Waals surface area contributed by atoms with E-state index >= 15 is 0 Å². The number of rotatable bonds is 2. The van der Waals surface area contributed by atoms with Crippen LogP contribution in [0.15, 0.2) is 41.9 Å². The second-order valence-electron chi connectivity index (χ2n) is 6.01. The molecule has 0 aliphatic carbocycles. The molecular weight excluding hydrogens is 309 g/mol. The van der Waals surface area contributed by atoms with Crippen LogP contribution in [0.5, 0.6) is 0 Å². The number of nitrogens with two attached hydrogens (primary N) is 1. The molecule has 124 valence electrons. The number of hydrogen-bond acceptors (Lipinski definition) is 6. The van der Waals surface area contributed by atoms with Crippen LogP contribution in [0, 0.1) is 5.82 Å². The molecule has 4 rings (SSSR count). The first-order valence-electron chi connectivity index (χ1n) is 7.92. The van der Waals surface area contributed by atoms with E-state index in [1.165, 1.54) is 6.20 Å². The summed E-state index contributed by atoms with van der Waals surface area (Å²) in [5.74, 6) is -0.395. The summed E-state index contributed by atoms with van der Waals surface area (Å²) in [5, 5.41) is 0. The molecular formula is C17H18FN5O. The van der Waals surface area contributed by atoms with E-state index in [-0.39, 0.29) is 0 Å². The lowest BCUT2D eigenvalue weighted by Crippen LogP contribution is -2.58. The Balaban J connectivity index is 1.82. The molecule has 1 unspecified atom stereocenters. The fourth-order valence-corrected chi connectivity index (χ4v) is 3.39. The van der Waals surface area contributed by atoms with Crippen molar-refractivity contribution in [2.75, 3.05) is 26.3 Å². The van der Waals surface area contributed by atoms with E-state index in [0.717, 1.165) is 18.7 Å². The van der Waals surface area contributed by atoms with Crippen LogP contribution in [-0.2, 0) is 10.4 Å². The third-order valence-electron chi connectivity index (χ3n) is 4.62. The van der Waals surface area contributed by atoms with Gasteiger partial charge >= 0.3 is 0 Å².